The summed E-state index contributed by atoms with van der Waals surface area (Å²) < 4.78 is 11.8. The van der Waals surface area contributed by atoms with Crippen LogP contribution in [0.25, 0.3) is 11.0 Å². The summed E-state index contributed by atoms with van der Waals surface area (Å²) in [6.07, 6.45) is 5.14. The van der Waals surface area contributed by atoms with Gasteiger partial charge in [0.25, 0.3) is 0 Å². The molecule has 2 atom stereocenters. The molecule has 5 rings (SSSR count). The highest BCUT2D eigenvalue weighted by Gasteiger charge is 2.43. The van der Waals surface area contributed by atoms with E-state index in [1.54, 1.807) is 18.2 Å². The van der Waals surface area contributed by atoms with Crippen LogP contribution in [0.2, 0.25) is 10.0 Å². The van der Waals surface area contributed by atoms with Crippen molar-refractivity contribution in [3.63, 3.8) is 0 Å². The van der Waals surface area contributed by atoms with E-state index < -0.39 is 11.2 Å². The third kappa shape index (κ3) is 5.18. The maximum Gasteiger partial charge on any atom is 0.339 e. The maximum absolute atomic E-state index is 13.0. The lowest BCUT2D eigenvalue weighted by Crippen LogP contribution is -2.54. The minimum atomic E-state index is -0.620. The molecule has 1 saturated carbocycles. The van der Waals surface area contributed by atoms with Gasteiger partial charge in [-0.15, -0.1) is 0 Å². The summed E-state index contributed by atoms with van der Waals surface area (Å²) in [7, 11) is 0. The van der Waals surface area contributed by atoms with E-state index in [0.717, 1.165) is 36.6 Å². The lowest BCUT2D eigenvalue weighted by molar-refractivity contribution is -0.143. The largest absolute Gasteiger partial charge is 0.488 e. The molecule has 2 unspecified atom stereocenters. The molecule has 1 aliphatic heterocycles. The smallest absolute Gasteiger partial charge is 0.339 e. The van der Waals surface area contributed by atoms with Gasteiger partial charge in [0, 0.05) is 57.6 Å². The molecule has 1 amide bonds. The molecule has 8 heteroatoms. The van der Waals surface area contributed by atoms with Crippen molar-refractivity contribution in [1.82, 2.24) is 4.90 Å². The molecule has 2 aliphatic rings. The van der Waals surface area contributed by atoms with Gasteiger partial charge in [-0.1, -0.05) is 42.1 Å². The Labute approximate surface area is 232 Å². The van der Waals surface area contributed by atoms with Gasteiger partial charge in [-0.25, -0.2) is 4.79 Å². The number of carbonyl (C=O) groups excluding carboxylic acids is 1. The molecule has 2 aromatic carbocycles. The van der Waals surface area contributed by atoms with E-state index in [2.05, 4.69) is 0 Å². The molecule has 2 fully saturated rings. The first-order chi connectivity index (χ1) is 18.2. The number of ether oxygens (including phenoxy) is 1. The Morgan fingerprint density at radius 1 is 1.11 bits per heavy atom. The van der Waals surface area contributed by atoms with E-state index in [1.165, 1.54) is 0 Å². The lowest BCUT2D eigenvalue weighted by Gasteiger charge is -2.47. The summed E-state index contributed by atoms with van der Waals surface area (Å²) in [4.78, 5) is 27.9. The Hall–Kier alpha value is -2.54. The van der Waals surface area contributed by atoms with Crippen molar-refractivity contribution in [2.75, 3.05) is 13.1 Å². The lowest BCUT2D eigenvalue weighted by atomic mass is 9.71. The summed E-state index contributed by atoms with van der Waals surface area (Å²) >= 11 is 12.5. The highest BCUT2D eigenvalue weighted by Crippen LogP contribution is 2.40. The number of halogens is 2. The van der Waals surface area contributed by atoms with Crippen molar-refractivity contribution in [3.8, 4) is 5.75 Å². The number of benzene rings is 2. The first kappa shape index (κ1) is 27.0. The Balaban J connectivity index is 1.30. The van der Waals surface area contributed by atoms with Crippen molar-refractivity contribution < 1.29 is 19.1 Å². The van der Waals surface area contributed by atoms with Gasteiger partial charge in [-0.05, 0) is 69.4 Å². The summed E-state index contributed by atoms with van der Waals surface area (Å²) in [6.45, 7) is 5.09. The second kappa shape index (κ2) is 10.9. The number of likely N-dealkylation sites (tertiary alicyclic amines) is 1. The van der Waals surface area contributed by atoms with Crippen LogP contribution in [0.1, 0.15) is 60.8 Å². The zero-order valence-corrected chi connectivity index (χ0v) is 23.3. The molecular weight excluding hydrogens is 525 g/mol. The van der Waals surface area contributed by atoms with Crippen LogP contribution in [-0.4, -0.2) is 34.6 Å². The van der Waals surface area contributed by atoms with Gasteiger partial charge in [-0.2, -0.15) is 0 Å². The zero-order chi connectivity index (χ0) is 27.0. The maximum atomic E-state index is 13.0. The van der Waals surface area contributed by atoms with Crippen molar-refractivity contribution in [2.24, 2.45) is 5.92 Å². The number of nitrogens with zero attached hydrogens (tertiary/aromatic N) is 1. The first-order valence-corrected chi connectivity index (χ1v) is 14.1. The molecule has 38 heavy (non-hydrogen) atoms. The molecule has 1 aromatic heterocycles. The van der Waals surface area contributed by atoms with Crippen LogP contribution in [0.5, 0.6) is 5.75 Å². The van der Waals surface area contributed by atoms with Crippen LogP contribution >= 0.6 is 23.2 Å². The summed E-state index contributed by atoms with van der Waals surface area (Å²) in [5, 5.41) is 12.8. The molecule has 0 spiro atoms. The second-order valence-electron chi connectivity index (χ2n) is 10.7. The number of rotatable bonds is 6. The van der Waals surface area contributed by atoms with Crippen LogP contribution in [0.15, 0.2) is 39.5 Å². The van der Waals surface area contributed by atoms with Crippen LogP contribution < -0.4 is 10.4 Å². The Kier molecular flexibility index (Phi) is 7.77. The predicted molar refractivity (Wildman–Crippen MR) is 149 cm³/mol. The van der Waals surface area contributed by atoms with Gasteiger partial charge >= 0.3 is 5.63 Å². The average Bonchev–Trinajstić information content (AvgIpc) is 2.89. The summed E-state index contributed by atoms with van der Waals surface area (Å²) in [6, 6.07) is 9.03. The molecule has 1 N–H and O–H groups in total. The molecular formula is C30H33Cl2NO5. The van der Waals surface area contributed by atoms with E-state index in [9.17, 15) is 14.7 Å². The normalized spacial score (nSPS) is 21.4. The van der Waals surface area contributed by atoms with Gasteiger partial charge in [0.1, 0.15) is 17.9 Å². The van der Waals surface area contributed by atoms with Crippen molar-refractivity contribution in [3.05, 3.63) is 73.1 Å². The van der Waals surface area contributed by atoms with Crippen LogP contribution in [-0.2, 0) is 17.8 Å². The van der Waals surface area contributed by atoms with Crippen molar-refractivity contribution >= 4 is 40.1 Å². The molecule has 202 valence electrons. The molecule has 1 saturated heterocycles. The number of hydrogen-bond acceptors (Lipinski definition) is 5. The zero-order valence-electron chi connectivity index (χ0n) is 21.8. The number of amides is 1. The Morgan fingerprint density at radius 2 is 1.87 bits per heavy atom. The minimum absolute atomic E-state index is 0.0229. The number of piperidine rings is 1. The molecule has 0 bridgehead atoms. The van der Waals surface area contributed by atoms with Crippen LogP contribution in [0, 0.1) is 19.8 Å². The fourth-order valence-corrected chi connectivity index (χ4v) is 6.53. The molecule has 6 nitrogen and oxygen atoms in total. The van der Waals surface area contributed by atoms with Crippen molar-refractivity contribution in [2.45, 2.75) is 71.0 Å². The highest BCUT2D eigenvalue weighted by molar-refractivity contribution is 6.35. The van der Waals surface area contributed by atoms with Gasteiger partial charge in [0.05, 0.1) is 5.60 Å². The molecule has 2 heterocycles. The van der Waals surface area contributed by atoms with Gasteiger partial charge in [0.2, 0.25) is 5.91 Å². The summed E-state index contributed by atoms with van der Waals surface area (Å²) in [5.74, 6) is 0.746. The van der Waals surface area contributed by atoms with E-state index >= 15 is 0 Å². The third-order valence-electron chi connectivity index (χ3n) is 8.46. The van der Waals surface area contributed by atoms with E-state index in [0.29, 0.717) is 64.0 Å². The number of aliphatic hydroxyl groups is 1. The topological polar surface area (TPSA) is 80.0 Å². The van der Waals surface area contributed by atoms with E-state index in [4.69, 9.17) is 32.4 Å². The second-order valence-corrected chi connectivity index (χ2v) is 11.5. The van der Waals surface area contributed by atoms with Gasteiger partial charge in [0.15, 0.2) is 0 Å². The average molecular weight is 559 g/mol. The van der Waals surface area contributed by atoms with Gasteiger partial charge in [-0.3, -0.25) is 4.79 Å². The SMILES string of the molecule is Cc1c(CCC(=O)N2CCC3(O)CCCCC3C2)c(=O)oc2c(C)c(OCc3c(Cl)cccc3Cl)ccc12. The number of aryl methyl sites for hydroxylation is 2. The third-order valence-corrected chi connectivity index (χ3v) is 9.17. The number of fused-ring (bicyclic) bond motifs is 2. The number of hydrogen-bond donors (Lipinski definition) is 1. The van der Waals surface area contributed by atoms with Gasteiger partial charge < -0.3 is 19.2 Å². The van der Waals surface area contributed by atoms with Crippen molar-refractivity contribution in [1.29, 1.82) is 0 Å². The Bertz CT molecular complexity index is 1410. The fraction of sp³-hybridized carbons (Fsp3) is 0.467. The Morgan fingerprint density at radius 3 is 2.63 bits per heavy atom. The summed E-state index contributed by atoms with van der Waals surface area (Å²) in [5.41, 5.74) is 2.15. The minimum Gasteiger partial charge on any atom is -0.488 e. The van der Waals surface area contributed by atoms with Crippen LogP contribution in [0.3, 0.4) is 0 Å². The molecule has 0 radical (unpaired) electrons. The van der Waals surface area contributed by atoms with E-state index in [1.807, 2.05) is 30.9 Å². The quantitative estimate of drug-likeness (QED) is 0.355. The standard InChI is InChI=1S/C30H33Cl2NO5/c1-18-21-9-11-26(37-17-23-24(31)7-5-8-25(23)32)19(2)28(21)38-29(35)22(18)10-12-27(34)33-15-14-30(36)13-4-3-6-20(30)16-33/h5,7-9,11,20,36H,3-4,6,10,12-17H2,1-2H3. The predicted octanol–water partition coefficient (Wildman–Crippen LogP) is 6.38. The fourth-order valence-electron chi connectivity index (χ4n) is 6.02. The number of carbonyl (C=O) groups is 1. The van der Waals surface area contributed by atoms with E-state index in [-0.39, 0.29) is 24.9 Å². The molecule has 1 aliphatic carbocycles. The monoisotopic (exact) mass is 557 g/mol. The first-order valence-electron chi connectivity index (χ1n) is 13.3. The molecule has 3 aromatic rings. The highest BCUT2D eigenvalue weighted by atomic mass is 35.5. The van der Waals surface area contributed by atoms with Crippen LogP contribution in [0.4, 0.5) is 0 Å².